The van der Waals surface area contributed by atoms with Crippen molar-refractivity contribution in [2.75, 3.05) is 6.54 Å². The molecule has 0 aliphatic carbocycles. The Kier molecular flexibility index (Phi) is 5.30. The lowest BCUT2D eigenvalue weighted by Crippen LogP contribution is -2.18. The lowest BCUT2D eigenvalue weighted by molar-refractivity contribution is -0.387. The first kappa shape index (κ1) is 15.5. The van der Waals surface area contributed by atoms with E-state index in [9.17, 15) is 10.1 Å². The second-order valence-electron chi connectivity index (χ2n) is 4.50. The number of para-hydroxylation sites is 1. The quantitative estimate of drug-likeness (QED) is 0.649. The summed E-state index contributed by atoms with van der Waals surface area (Å²) in [5.74, 6) is 0. The average molecular weight is 303 g/mol. The van der Waals surface area contributed by atoms with E-state index in [1.165, 1.54) is 17.8 Å². The van der Waals surface area contributed by atoms with Gasteiger partial charge in [-0.05, 0) is 25.6 Å². The highest BCUT2D eigenvalue weighted by Gasteiger charge is 2.17. The van der Waals surface area contributed by atoms with Gasteiger partial charge in [0.25, 0.3) is 5.69 Å². The molecule has 5 nitrogen and oxygen atoms in total. The van der Waals surface area contributed by atoms with Crippen molar-refractivity contribution in [3.8, 4) is 0 Å². The van der Waals surface area contributed by atoms with E-state index in [2.05, 4.69) is 17.2 Å². The van der Waals surface area contributed by atoms with Crippen molar-refractivity contribution in [2.45, 2.75) is 29.8 Å². The Morgan fingerprint density at radius 1 is 1.33 bits per heavy atom. The molecule has 110 valence electrons. The molecule has 1 N–H and O–H groups in total. The largest absolute Gasteiger partial charge is 0.310 e. The summed E-state index contributed by atoms with van der Waals surface area (Å²) in [6.45, 7) is 4.96. The van der Waals surface area contributed by atoms with E-state index in [4.69, 9.17) is 0 Å². The number of nitro groups is 1. The van der Waals surface area contributed by atoms with Crippen molar-refractivity contribution in [3.63, 3.8) is 0 Å². The molecular formula is C15H17N3O2S. The lowest BCUT2D eigenvalue weighted by Gasteiger charge is -2.15. The topological polar surface area (TPSA) is 68.1 Å². The standard InChI is InChI=1S/C15H17N3O2S/c1-3-16-11(2)12-7-6-10-17-15(12)21-14-9-5-4-8-13(14)18(19)20/h4-11,16H,3H2,1-2H3. The molecule has 0 saturated heterocycles. The van der Waals surface area contributed by atoms with E-state index < -0.39 is 0 Å². The minimum absolute atomic E-state index is 0.107. The molecule has 0 aliphatic rings. The smallest absolute Gasteiger partial charge is 0.283 e. The summed E-state index contributed by atoms with van der Waals surface area (Å²) in [6.07, 6.45) is 1.71. The van der Waals surface area contributed by atoms with Gasteiger partial charge in [0, 0.05) is 23.9 Å². The van der Waals surface area contributed by atoms with Crippen LogP contribution in [0.25, 0.3) is 0 Å². The minimum atomic E-state index is -0.362. The van der Waals surface area contributed by atoms with Crippen LogP contribution in [0.15, 0.2) is 52.5 Å². The fourth-order valence-corrected chi connectivity index (χ4v) is 3.11. The molecule has 1 unspecified atom stereocenters. The van der Waals surface area contributed by atoms with Crippen molar-refractivity contribution in [1.29, 1.82) is 0 Å². The molecular weight excluding hydrogens is 286 g/mol. The highest BCUT2D eigenvalue weighted by atomic mass is 32.2. The van der Waals surface area contributed by atoms with E-state index in [1.807, 2.05) is 19.1 Å². The minimum Gasteiger partial charge on any atom is -0.310 e. The summed E-state index contributed by atoms with van der Waals surface area (Å²) in [4.78, 5) is 15.7. The predicted octanol–water partition coefficient (Wildman–Crippen LogP) is 3.81. The molecule has 0 bridgehead atoms. The van der Waals surface area contributed by atoms with Crippen LogP contribution in [0.4, 0.5) is 5.69 Å². The molecule has 0 aliphatic heterocycles. The van der Waals surface area contributed by atoms with Gasteiger partial charge in [0.05, 0.1) is 9.82 Å². The molecule has 1 atom stereocenters. The van der Waals surface area contributed by atoms with Crippen LogP contribution in [-0.4, -0.2) is 16.5 Å². The SMILES string of the molecule is CCNC(C)c1cccnc1Sc1ccccc1[N+](=O)[O-]. The maximum Gasteiger partial charge on any atom is 0.283 e. The normalized spacial score (nSPS) is 12.1. The maximum atomic E-state index is 11.1. The molecule has 0 saturated carbocycles. The summed E-state index contributed by atoms with van der Waals surface area (Å²) < 4.78 is 0. The van der Waals surface area contributed by atoms with Crippen LogP contribution >= 0.6 is 11.8 Å². The third kappa shape index (κ3) is 3.80. The van der Waals surface area contributed by atoms with Crippen molar-refractivity contribution in [1.82, 2.24) is 10.3 Å². The van der Waals surface area contributed by atoms with Crippen LogP contribution in [0.2, 0.25) is 0 Å². The van der Waals surface area contributed by atoms with Gasteiger partial charge in [-0.25, -0.2) is 4.98 Å². The third-order valence-corrected chi connectivity index (χ3v) is 4.15. The van der Waals surface area contributed by atoms with Crippen LogP contribution in [0, 0.1) is 10.1 Å². The maximum absolute atomic E-state index is 11.1. The van der Waals surface area contributed by atoms with Crippen LogP contribution in [0.5, 0.6) is 0 Å². The van der Waals surface area contributed by atoms with Gasteiger partial charge in [-0.2, -0.15) is 0 Å². The predicted molar refractivity (Wildman–Crippen MR) is 83.5 cm³/mol. The Morgan fingerprint density at radius 2 is 2.10 bits per heavy atom. The Labute approximate surface area is 127 Å². The molecule has 0 spiro atoms. The Morgan fingerprint density at radius 3 is 2.81 bits per heavy atom. The molecule has 2 rings (SSSR count). The second kappa shape index (κ2) is 7.19. The van der Waals surface area contributed by atoms with Gasteiger partial charge >= 0.3 is 0 Å². The number of hydrogen-bond acceptors (Lipinski definition) is 5. The number of nitrogens with one attached hydrogen (secondary N) is 1. The summed E-state index contributed by atoms with van der Waals surface area (Å²) in [7, 11) is 0. The van der Waals surface area contributed by atoms with E-state index >= 15 is 0 Å². The fraction of sp³-hybridized carbons (Fsp3) is 0.267. The Balaban J connectivity index is 2.34. The Bertz CT molecular complexity index is 634. The summed E-state index contributed by atoms with van der Waals surface area (Å²) >= 11 is 1.33. The van der Waals surface area contributed by atoms with E-state index in [-0.39, 0.29) is 16.7 Å². The van der Waals surface area contributed by atoms with Gasteiger partial charge in [0.1, 0.15) is 5.03 Å². The third-order valence-electron chi connectivity index (χ3n) is 3.05. The van der Waals surface area contributed by atoms with Crippen molar-refractivity contribution < 1.29 is 4.92 Å². The summed E-state index contributed by atoms with van der Waals surface area (Å²) in [5.41, 5.74) is 1.15. The first-order valence-corrected chi connectivity index (χ1v) is 7.54. The molecule has 1 aromatic carbocycles. The van der Waals surface area contributed by atoms with Gasteiger partial charge in [0.2, 0.25) is 0 Å². The molecule has 21 heavy (non-hydrogen) atoms. The van der Waals surface area contributed by atoms with Crippen LogP contribution in [-0.2, 0) is 0 Å². The van der Waals surface area contributed by atoms with Crippen LogP contribution < -0.4 is 5.32 Å². The number of nitro benzene ring substituents is 1. The zero-order valence-electron chi connectivity index (χ0n) is 11.9. The number of pyridine rings is 1. The molecule has 1 aromatic heterocycles. The molecule has 0 amide bonds. The monoisotopic (exact) mass is 303 g/mol. The van der Waals surface area contributed by atoms with Crippen molar-refractivity contribution in [2.24, 2.45) is 0 Å². The number of aromatic nitrogens is 1. The molecule has 0 fully saturated rings. The van der Waals surface area contributed by atoms with Gasteiger partial charge < -0.3 is 5.32 Å². The highest BCUT2D eigenvalue weighted by molar-refractivity contribution is 7.99. The zero-order chi connectivity index (χ0) is 15.2. The summed E-state index contributed by atoms with van der Waals surface area (Å²) in [5, 5.41) is 15.2. The molecule has 6 heteroatoms. The first-order chi connectivity index (χ1) is 10.1. The first-order valence-electron chi connectivity index (χ1n) is 6.73. The fourth-order valence-electron chi connectivity index (χ4n) is 2.03. The Hall–Kier alpha value is -1.92. The van der Waals surface area contributed by atoms with Crippen LogP contribution in [0.1, 0.15) is 25.5 Å². The molecule has 2 aromatic rings. The van der Waals surface area contributed by atoms with E-state index in [0.717, 1.165) is 17.1 Å². The lowest BCUT2D eigenvalue weighted by atomic mass is 10.1. The van der Waals surface area contributed by atoms with Gasteiger partial charge in [-0.15, -0.1) is 0 Å². The highest BCUT2D eigenvalue weighted by Crippen LogP contribution is 2.36. The van der Waals surface area contributed by atoms with E-state index in [1.54, 1.807) is 24.4 Å². The molecule has 0 radical (unpaired) electrons. The number of benzene rings is 1. The number of hydrogen-bond donors (Lipinski definition) is 1. The van der Waals surface area contributed by atoms with Gasteiger partial charge in [-0.3, -0.25) is 10.1 Å². The van der Waals surface area contributed by atoms with Crippen molar-refractivity contribution >= 4 is 17.4 Å². The average Bonchev–Trinajstić information content (AvgIpc) is 2.48. The van der Waals surface area contributed by atoms with Gasteiger partial charge in [-0.1, -0.05) is 36.9 Å². The number of rotatable bonds is 6. The van der Waals surface area contributed by atoms with Crippen molar-refractivity contribution in [3.05, 3.63) is 58.3 Å². The van der Waals surface area contributed by atoms with Gasteiger partial charge in [0.15, 0.2) is 0 Å². The van der Waals surface area contributed by atoms with Crippen LogP contribution in [0.3, 0.4) is 0 Å². The van der Waals surface area contributed by atoms with E-state index in [0.29, 0.717) is 4.90 Å². The molecule has 1 heterocycles. The zero-order valence-corrected chi connectivity index (χ0v) is 12.8. The summed E-state index contributed by atoms with van der Waals surface area (Å²) in [6, 6.07) is 10.8. The second-order valence-corrected chi connectivity index (χ2v) is 5.53. The number of nitrogens with zero attached hydrogens (tertiary/aromatic N) is 2.